The summed E-state index contributed by atoms with van der Waals surface area (Å²) in [7, 11) is 0. The van der Waals surface area contributed by atoms with E-state index in [4.69, 9.17) is 14.2 Å². The van der Waals surface area contributed by atoms with E-state index in [2.05, 4.69) is 20.6 Å². The molecule has 3 heterocycles. The molecule has 32 heavy (non-hydrogen) atoms. The van der Waals surface area contributed by atoms with Crippen LogP contribution in [-0.2, 0) is 4.79 Å². The molecule has 9 heteroatoms. The zero-order valence-corrected chi connectivity index (χ0v) is 16.7. The molecule has 1 aliphatic rings. The number of ether oxygens (including phenoxy) is 3. The molecule has 0 spiro atoms. The van der Waals surface area contributed by atoms with Gasteiger partial charge in [-0.15, -0.1) is 10.2 Å². The molecule has 0 saturated heterocycles. The Morgan fingerprint density at radius 3 is 2.69 bits per heavy atom. The standard InChI is InChI=1S/C23H17N5O4/c29-22(10-3-16-2-8-19-20(14-16)31-15-30-19)25-17-4-6-18(7-5-17)32-23-11-9-21(26-27-23)28-13-1-12-24-28/h1-14H,15H2,(H,25,29)/b10-3+. The van der Waals surface area contributed by atoms with Gasteiger partial charge in [0.2, 0.25) is 18.6 Å². The van der Waals surface area contributed by atoms with Gasteiger partial charge < -0.3 is 19.5 Å². The Labute approximate surface area is 182 Å². The molecule has 1 amide bonds. The minimum atomic E-state index is -0.253. The van der Waals surface area contributed by atoms with Crippen LogP contribution in [0.5, 0.6) is 23.1 Å². The van der Waals surface area contributed by atoms with Crippen molar-refractivity contribution in [1.82, 2.24) is 20.0 Å². The summed E-state index contributed by atoms with van der Waals surface area (Å²) >= 11 is 0. The van der Waals surface area contributed by atoms with Gasteiger partial charge in [0.1, 0.15) is 5.75 Å². The van der Waals surface area contributed by atoms with Crippen LogP contribution in [0, 0.1) is 0 Å². The topological polar surface area (TPSA) is 100 Å². The number of amides is 1. The van der Waals surface area contributed by atoms with Crippen molar-refractivity contribution in [3.05, 3.63) is 84.7 Å². The van der Waals surface area contributed by atoms with Crippen molar-refractivity contribution in [2.45, 2.75) is 0 Å². The highest BCUT2D eigenvalue weighted by Gasteiger charge is 2.12. The van der Waals surface area contributed by atoms with Crippen LogP contribution in [0.4, 0.5) is 5.69 Å². The molecule has 5 rings (SSSR count). The Morgan fingerprint density at radius 1 is 1.03 bits per heavy atom. The van der Waals surface area contributed by atoms with Gasteiger partial charge in [0.05, 0.1) is 0 Å². The fraction of sp³-hybridized carbons (Fsp3) is 0.0435. The summed E-state index contributed by atoms with van der Waals surface area (Å²) in [5.74, 6) is 2.63. The van der Waals surface area contributed by atoms with Gasteiger partial charge in [0.15, 0.2) is 17.3 Å². The second-order valence-electron chi connectivity index (χ2n) is 6.74. The maximum atomic E-state index is 12.2. The van der Waals surface area contributed by atoms with Crippen LogP contribution < -0.4 is 19.5 Å². The number of aromatic nitrogens is 4. The van der Waals surface area contributed by atoms with Gasteiger partial charge in [-0.05, 0) is 60.2 Å². The lowest BCUT2D eigenvalue weighted by Gasteiger charge is -2.07. The lowest BCUT2D eigenvalue weighted by Crippen LogP contribution is -2.07. The Balaban J connectivity index is 1.17. The molecule has 1 N–H and O–H groups in total. The number of nitrogens with one attached hydrogen (secondary N) is 1. The van der Waals surface area contributed by atoms with E-state index in [1.807, 2.05) is 18.2 Å². The van der Waals surface area contributed by atoms with Crippen LogP contribution >= 0.6 is 0 Å². The van der Waals surface area contributed by atoms with Gasteiger partial charge in [-0.25, -0.2) is 4.68 Å². The third-order valence-electron chi connectivity index (χ3n) is 4.53. The first-order valence-corrected chi connectivity index (χ1v) is 9.73. The Bertz CT molecular complexity index is 1250. The molecule has 1 aliphatic heterocycles. The lowest BCUT2D eigenvalue weighted by atomic mass is 10.2. The van der Waals surface area contributed by atoms with Gasteiger partial charge in [-0.3, -0.25) is 4.79 Å². The first-order chi connectivity index (χ1) is 15.7. The summed E-state index contributed by atoms with van der Waals surface area (Å²) in [5, 5.41) is 15.0. The number of anilines is 1. The lowest BCUT2D eigenvalue weighted by molar-refractivity contribution is -0.111. The van der Waals surface area contributed by atoms with Gasteiger partial charge in [0.25, 0.3) is 0 Å². The van der Waals surface area contributed by atoms with Crippen molar-refractivity contribution in [3.63, 3.8) is 0 Å². The SMILES string of the molecule is O=C(/C=C/c1ccc2c(c1)OCO2)Nc1ccc(Oc2ccc(-n3cccn3)nn2)cc1. The Morgan fingerprint density at radius 2 is 1.91 bits per heavy atom. The number of nitrogens with zero attached hydrogens (tertiary/aromatic N) is 4. The smallest absolute Gasteiger partial charge is 0.248 e. The van der Waals surface area contributed by atoms with E-state index in [0.29, 0.717) is 34.6 Å². The van der Waals surface area contributed by atoms with Crippen molar-refractivity contribution in [3.8, 4) is 28.9 Å². The average Bonchev–Trinajstić information content (AvgIpc) is 3.51. The third kappa shape index (κ3) is 4.41. The zero-order chi connectivity index (χ0) is 21.8. The monoisotopic (exact) mass is 427 g/mol. The van der Waals surface area contributed by atoms with Gasteiger partial charge in [-0.2, -0.15) is 5.10 Å². The van der Waals surface area contributed by atoms with E-state index in [0.717, 1.165) is 5.56 Å². The van der Waals surface area contributed by atoms with Crippen LogP contribution in [0.3, 0.4) is 0 Å². The highest BCUT2D eigenvalue weighted by Crippen LogP contribution is 2.32. The fourth-order valence-corrected chi connectivity index (χ4v) is 2.99. The number of fused-ring (bicyclic) bond motifs is 1. The number of carbonyl (C=O) groups is 1. The molecule has 0 bridgehead atoms. The fourth-order valence-electron chi connectivity index (χ4n) is 2.99. The number of hydrogen-bond donors (Lipinski definition) is 1. The average molecular weight is 427 g/mol. The first-order valence-electron chi connectivity index (χ1n) is 9.73. The second-order valence-corrected chi connectivity index (χ2v) is 6.74. The number of benzene rings is 2. The maximum Gasteiger partial charge on any atom is 0.248 e. The van der Waals surface area contributed by atoms with E-state index >= 15 is 0 Å². The largest absolute Gasteiger partial charge is 0.454 e. The minimum Gasteiger partial charge on any atom is -0.454 e. The molecule has 0 atom stereocenters. The quantitative estimate of drug-likeness (QED) is 0.467. The number of rotatable bonds is 6. The predicted molar refractivity (Wildman–Crippen MR) is 116 cm³/mol. The molecule has 4 aromatic rings. The summed E-state index contributed by atoms with van der Waals surface area (Å²) in [6.45, 7) is 0.214. The van der Waals surface area contributed by atoms with E-state index < -0.39 is 0 Å². The first kappa shape index (κ1) is 19.3. The summed E-state index contributed by atoms with van der Waals surface area (Å²) in [6.07, 6.45) is 6.61. The van der Waals surface area contributed by atoms with Gasteiger partial charge >= 0.3 is 0 Å². The molecule has 0 unspecified atom stereocenters. The molecule has 9 nitrogen and oxygen atoms in total. The van der Waals surface area contributed by atoms with E-state index in [-0.39, 0.29) is 12.7 Å². The number of hydrogen-bond acceptors (Lipinski definition) is 7. The minimum absolute atomic E-state index is 0.214. The van der Waals surface area contributed by atoms with Crippen LogP contribution in [0.25, 0.3) is 11.9 Å². The van der Waals surface area contributed by atoms with Crippen LogP contribution in [0.15, 0.2) is 79.1 Å². The molecule has 0 fully saturated rings. The van der Waals surface area contributed by atoms with Crippen molar-refractivity contribution < 1.29 is 19.0 Å². The van der Waals surface area contributed by atoms with Crippen LogP contribution in [-0.4, -0.2) is 32.7 Å². The predicted octanol–water partition coefficient (Wildman–Crippen LogP) is 3.84. The van der Waals surface area contributed by atoms with Crippen molar-refractivity contribution in [2.24, 2.45) is 0 Å². The molecule has 158 valence electrons. The summed E-state index contributed by atoms with van der Waals surface area (Å²) < 4.78 is 17.9. The van der Waals surface area contributed by atoms with Crippen LogP contribution in [0.2, 0.25) is 0 Å². The third-order valence-corrected chi connectivity index (χ3v) is 4.53. The molecule has 0 saturated carbocycles. The maximum absolute atomic E-state index is 12.2. The van der Waals surface area contributed by atoms with Crippen molar-refractivity contribution in [2.75, 3.05) is 12.1 Å². The molecular weight excluding hydrogens is 410 g/mol. The second kappa shape index (κ2) is 8.60. The molecular formula is C23H17N5O4. The molecule has 2 aromatic heterocycles. The van der Waals surface area contributed by atoms with E-state index in [9.17, 15) is 4.79 Å². The van der Waals surface area contributed by atoms with E-state index in [1.54, 1.807) is 65.6 Å². The normalized spacial score (nSPS) is 12.1. The number of carbonyl (C=O) groups excluding carboxylic acids is 1. The summed E-state index contributed by atoms with van der Waals surface area (Å²) in [5.41, 5.74) is 1.48. The molecule has 0 radical (unpaired) electrons. The van der Waals surface area contributed by atoms with Crippen molar-refractivity contribution in [1.29, 1.82) is 0 Å². The highest BCUT2D eigenvalue weighted by molar-refractivity contribution is 6.02. The van der Waals surface area contributed by atoms with Gasteiger partial charge in [-0.1, -0.05) is 6.07 Å². The highest BCUT2D eigenvalue weighted by atomic mass is 16.7. The Kier molecular flexibility index (Phi) is 5.19. The zero-order valence-electron chi connectivity index (χ0n) is 16.7. The molecule has 0 aliphatic carbocycles. The summed E-state index contributed by atoms with van der Waals surface area (Å²) in [6, 6.07) is 17.7. The van der Waals surface area contributed by atoms with Gasteiger partial charge in [0, 0.05) is 30.2 Å². The Hall–Kier alpha value is -4.66. The van der Waals surface area contributed by atoms with E-state index in [1.165, 1.54) is 6.08 Å². The van der Waals surface area contributed by atoms with Crippen LogP contribution in [0.1, 0.15) is 5.56 Å². The van der Waals surface area contributed by atoms with Crippen molar-refractivity contribution >= 4 is 17.7 Å². The molecule has 2 aromatic carbocycles. The summed E-state index contributed by atoms with van der Waals surface area (Å²) in [4.78, 5) is 12.2.